The molecule has 0 atom stereocenters. The van der Waals surface area contributed by atoms with Gasteiger partial charge in [-0.3, -0.25) is 0 Å². The Kier molecular flexibility index (Phi) is 5.74. The van der Waals surface area contributed by atoms with E-state index in [0.717, 1.165) is 27.9 Å². The molecule has 0 aliphatic heterocycles. The molecule has 0 aromatic heterocycles. The van der Waals surface area contributed by atoms with Gasteiger partial charge in [0.05, 0.1) is 5.03 Å². The summed E-state index contributed by atoms with van der Waals surface area (Å²) in [6.07, 6.45) is 0. The monoisotopic (exact) mass is 256 g/mol. The molecule has 88 valence electrons. The summed E-state index contributed by atoms with van der Waals surface area (Å²) >= 11 is 7.68. The maximum Gasteiger partial charge on any atom is 0.0611 e. The highest BCUT2D eigenvalue weighted by atomic mass is 35.5. The van der Waals surface area contributed by atoms with Crippen LogP contribution in [0.3, 0.4) is 0 Å². The van der Waals surface area contributed by atoms with Crippen molar-refractivity contribution in [2.45, 2.75) is 13.5 Å². The molecule has 0 fully saturated rings. The van der Waals surface area contributed by atoms with Gasteiger partial charge in [-0.1, -0.05) is 30.3 Å². The number of rotatable bonds is 6. The van der Waals surface area contributed by atoms with Crippen LogP contribution in [0.4, 0.5) is 0 Å². The SMILES string of the molecule is C=C(NCc1cccc(Cl)c1C)SCCN. The molecule has 0 aliphatic carbocycles. The Labute approximate surface area is 106 Å². The summed E-state index contributed by atoms with van der Waals surface area (Å²) in [5.41, 5.74) is 7.74. The molecule has 0 amide bonds. The number of benzene rings is 1. The zero-order valence-corrected chi connectivity index (χ0v) is 11.0. The lowest BCUT2D eigenvalue weighted by molar-refractivity contribution is 0.852. The quantitative estimate of drug-likeness (QED) is 0.822. The first-order valence-corrected chi connectivity index (χ1v) is 6.51. The Morgan fingerprint density at radius 1 is 1.56 bits per heavy atom. The van der Waals surface area contributed by atoms with Crippen LogP contribution in [-0.2, 0) is 6.54 Å². The molecule has 2 nitrogen and oxygen atoms in total. The lowest BCUT2D eigenvalue weighted by Gasteiger charge is -2.11. The predicted molar refractivity (Wildman–Crippen MR) is 73.7 cm³/mol. The van der Waals surface area contributed by atoms with Gasteiger partial charge >= 0.3 is 0 Å². The summed E-state index contributed by atoms with van der Waals surface area (Å²) in [5, 5.41) is 5.01. The van der Waals surface area contributed by atoms with Crippen LogP contribution < -0.4 is 11.1 Å². The highest BCUT2D eigenvalue weighted by Gasteiger charge is 2.02. The van der Waals surface area contributed by atoms with Crippen LogP contribution in [0.5, 0.6) is 0 Å². The summed E-state index contributed by atoms with van der Waals surface area (Å²) < 4.78 is 0. The molecule has 0 unspecified atom stereocenters. The molecular formula is C12H17ClN2S. The molecule has 1 aromatic rings. The first-order valence-electron chi connectivity index (χ1n) is 5.14. The van der Waals surface area contributed by atoms with Crippen molar-refractivity contribution in [1.82, 2.24) is 5.32 Å². The molecule has 0 heterocycles. The van der Waals surface area contributed by atoms with Crippen LogP contribution in [0.15, 0.2) is 29.8 Å². The molecular weight excluding hydrogens is 240 g/mol. The van der Waals surface area contributed by atoms with Crippen molar-refractivity contribution in [2.24, 2.45) is 5.73 Å². The molecule has 4 heteroatoms. The zero-order valence-electron chi connectivity index (χ0n) is 9.42. The van der Waals surface area contributed by atoms with E-state index in [9.17, 15) is 0 Å². The fourth-order valence-electron chi connectivity index (χ4n) is 1.27. The van der Waals surface area contributed by atoms with Crippen molar-refractivity contribution >= 4 is 23.4 Å². The van der Waals surface area contributed by atoms with Crippen LogP contribution in [0.25, 0.3) is 0 Å². The third kappa shape index (κ3) is 4.08. The van der Waals surface area contributed by atoms with E-state index >= 15 is 0 Å². The van der Waals surface area contributed by atoms with Crippen molar-refractivity contribution in [3.8, 4) is 0 Å². The Bertz CT molecular complexity index is 366. The van der Waals surface area contributed by atoms with Gasteiger partial charge in [-0.05, 0) is 24.1 Å². The van der Waals surface area contributed by atoms with E-state index < -0.39 is 0 Å². The number of thioether (sulfide) groups is 1. The standard InChI is InChI=1S/C12H17ClN2S/c1-9-11(4-3-5-12(9)13)8-15-10(2)16-7-6-14/h3-5,15H,2,6-8,14H2,1H3. The third-order valence-electron chi connectivity index (χ3n) is 2.25. The number of halogens is 1. The fraction of sp³-hybridized carbons (Fsp3) is 0.333. The average Bonchev–Trinajstić information content (AvgIpc) is 2.28. The van der Waals surface area contributed by atoms with Gasteiger partial charge in [0.2, 0.25) is 0 Å². The molecule has 0 aliphatic rings. The minimum absolute atomic E-state index is 0.668. The first-order chi connectivity index (χ1) is 7.65. The molecule has 0 saturated carbocycles. The van der Waals surface area contributed by atoms with E-state index in [1.54, 1.807) is 11.8 Å². The minimum Gasteiger partial charge on any atom is -0.376 e. The Morgan fingerprint density at radius 3 is 3.00 bits per heavy atom. The number of nitrogens with one attached hydrogen (secondary N) is 1. The zero-order chi connectivity index (χ0) is 12.0. The highest BCUT2D eigenvalue weighted by molar-refractivity contribution is 8.03. The van der Waals surface area contributed by atoms with Crippen LogP contribution in [0.1, 0.15) is 11.1 Å². The summed E-state index contributed by atoms with van der Waals surface area (Å²) in [4.78, 5) is 0. The van der Waals surface area contributed by atoms with Gasteiger partial charge in [-0.2, -0.15) is 0 Å². The number of hydrogen-bond acceptors (Lipinski definition) is 3. The van der Waals surface area contributed by atoms with Gasteiger partial charge in [0.1, 0.15) is 0 Å². The van der Waals surface area contributed by atoms with Crippen LogP contribution in [0.2, 0.25) is 5.02 Å². The lowest BCUT2D eigenvalue weighted by atomic mass is 10.1. The van der Waals surface area contributed by atoms with Gasteiger partial charge in [0.25, 0.3) is 0 Å². The van der Waals surface area contributed by atoms with Crippen molar-refractivity contribution < 1.29 is 0 Å². The van der Waals surface area contributed by atoms with Crippen molar-refractivity contribution in [3.63, 3.8) is 0 Å². The summed E-state index contributed by atoms with van der Waals surface area (Å²) in [7, 11) is 0. The average molecular weight is 257 g/mol. The second-order valence-electron chi connectivity index (χ2n) is 3.44. The minimum atomic E-state index is 0.668. The molecule has 0 bridgehead atoms. The molecule has 0 radical (unpaired) electrons. The van der Waals surface area contributed by atoms with E-state index in [0.29, 0.717) is 6.54 Å². The normalized spacial score (nSPS) is 10.2. The second-order valence-corrected chi connectivity index (χ2v) is 5.03. The summed E-state index contributed by atoms with van der Waals surface area (Å²) in [6.45, 7) is 7.37. The van der Waals surface area contributed by atoms with Gasteiger partial charge in [-0.15, -0.1) is 11.8 Å². The lowest BCUT2D eigenvalue weighted by Crippen LogP contribution is -2.12. The van der Waals surface area contributed by atoms with Crippen LogP contribution in [-0.4, -0.2) is 12.3 Å². The largest absolute Gasteiger partial charge is 0.376 e. The van der Waals surface area contributed by atoms with E-state index in [1.807, 2.05) is 19.1 Å². The van der Waals surface area contributed by atoms with Crippen LogP contribution in [0, 0.1) is 6.92 Å². The molecule has 0 spiro atoms. The fourth-order valence-corrected chi connectivity index (χ4v) is 2.00. The molecule has 0 saturated heterocycles. The smallest absolute Gasteiger partial charge is 0.0611 e. The van der Waals surface area contributed by atoms with Gasteiger partial charge in [0.15, 0.2) is 0 Å². The Morgan fingerprint density at radius 2 is 2.31 bits per heavy atom. The highest BCUT2D eigenvalue weighted by Crippen LogP contribution is 2.19. The van der Waals surface area contributed by atoms with Crippen molar-refractivity contribution in [1.29, 1.82) is 0 Å². The summed E-state index contributed by atoms with van der Waals surface area (Å²) in [5.74, 6) is 0.889. The van der Waals surface area contributed by atoms with Crippen molar-refractivity contribution in [3.05, 3.63) is 46.0 Å². The number of nitrogens with two attached hydrogens (primary N) is 1. The Hall–Kier alpha value is -0.640. The Balaban J connectivity index is 2.48. The van der Waals surface area contributed by atoms with Gasteiger partial charge in [-0.25, -0.2) is 0 Å². The van der Waals surface area contributed by atoms with E-state index in [1.165, 1.54) is 5.56 Å². The predicted octanol–water partition coefficient (Wildman–Crippen LogP) is 2.90. The summed E-state index contributed by atoms with van der Waals surface area (Å²) in [6, 6.07) is 5.93. The second kappa shape index (κ2) is 6.84. The maximum absolute atomic E-state index is 6.04. The van der Waals surface area contributed by atoms with Gasteiger partial charge < -0.3 is 11.1 Å². The van der Waals surface area contributed by atoms with Crippen molar-refractivity contribution in [2.75, 3.05) is 12.3 Å². The molecule has 16 heavy (non-hydrogen) atoms. The van der Waals surface area contributed by atoms with E-state index in [2.05, 4.69) is 18.0 Å². The van der Waals surface area contributed by atoms with Gasteiger partial charge in [0, 0.05) is 23.9 Å². The first kappa shape index (κ1) is 13.4. The van der Waals surface area contributed by atoms with E-state index in [-0.39, 0.29) is 0 Å². The molecule has 1 rings (SSSR count). The van der Waals surface area contributed by atoms with Crippen LogP contribution >= 0.6 is 23.4 Å². The maximum atomic E-state index is 6.04. The van der Waals surface area contributed by atoms with E-state index in [4.69, 9.17) is 17.3 Å². The third-order valence-corrected chi connectivity index (χ3v) is 3.59. The number of hydrogen-bond donors (Lipinski definition) is 2. The molecule has 1 aromatic carbocycles. The molecule has 3 N–H and O–H groups in total. The topological polar surface area (TPSA) is 38.0 Å².